The van der Waals surface area contributed by atoms with Gasteiger partial charge in [0.15, 0.2) is 0 Å². The lowest BCUT2D eigenvalue weighted by Crippen LogP contribution is -2.30. The normalized spacial score (nSPS) is 12.4. The summed E-state index contributed by atoms with van der Waals surface area (Å²) in [5.74, 6) is 5.30. The van der Waals surface area contributed by atoms with Gasteiger partial charge in [0.25, 0.3) is 0 Å². The molecule has 0 amide bonds. The number of aromatic nitrogens is 1. The number of anilines is 1. The highest BCUT2D eigenvalue weighted by Crippen LogP contribution is 2.22. The Kier molecular flexibility index (Phi) is 4.09. The molecule has 2 aromatic rings. The Morgan fingerprint density at radius 3 is 2.79 bits per heavy atom. The quantitative estimate of drug-likeness (QED) is 0.579. The van der Waals surface area contributed by atoms with Crippen LogP contribution in [0.2, 0.25) is 0 Å². The number of nitrogens with zero attached hydrogens (tertiary/aromatic N) is 1. The Balaban J connectivity index is 2.28. The van der Waals surface area contributed by atoms with Crippen molar-refractivity contribution in [3.8, 4) is 0 Å². The topological polar surface area (TPSA) is 77.0 Å². The van der Waals surface area contributed by atoms with Crippen molar-refractivity contribution in [1.29, 1.82) is 0 Å². The number of nitrogens with two attached hydrogens (primary N) is 2. The van der Waals surface area contributed by atoms with Gasteiger partial charge < -0.3 is 5.73 Å². The van der Waals surface area contributed by atoms with Crippen LogP contribution in [0, 0.1) is 12.7 Å². The minimum Gasteiger partial charge on any atom is -0.398 e. The summed E-state index contributed by atoms with van der Waals surface area (Å²) < 4.78 is 13.4. The van der Waals surface area contributed by atoms with Crippen LogP contribution < -0.4 is 17.0 Å². The van der Waals surface area contributed by atoms with Gasteiger partial charge >= 0.3 is 0 Å². The van der Waals surface area contributed by atoms with Crippen LogP contribution in [0.25, 0.3) is 0 Å². The number of pyridine rings is 1. The van der Waals surface area contributed by atoms with E-state index in [1.54, 1.807) is 18.5 Å². The minimum atomic E-state index is -0.269. The van der Waals surface area contributed by atoms with E-state index >= 15 is 0 Å². The number of halogens is 1. The van der Waals surface area contributed by atoms with Crippen LogP contribution in [0.4, 0.5) is 10.1 Å². The van der Waals surface area contributed by atoms with Crippen molar-refractivity contribution in [3.05, 3.63) is 59.2 Å². The van der Waals surface area contributed by atoms with Gasteiger partial charge in [-0.1, -0.05) is 6.07 Å². The summed E-state index contributed by atoms with van der Waals surface area (Å²) in [6, 6.07) is 6.39. The first-order valence-corrected chi connectivity index (χ1v) is 6.01. The van der Waals surface area contributed by atoms with E-state index in [9.17, 15) is 4.39 Å². The van der Waals surface area contributed by atoms with Gasteiger partial charge in [0.2, 0.25) is 0 Å². The number of nitrogen functional groups attached to an aromatic ring is 1. The van der Waals surface area contributed by atoms with E-state index < -0.39 is 0 Å². The van der Waals surface area contributed by atoms with Gasteiger partial charge in [-0.2, -0.15) is 0 Å². The van der Waals surface area contributed by atoms with Crippen LogP contribution in [0.5, 0.6) is 0 Å². The monoisotopic (exact) mass is 260 g/mol. The maximum Gasteiger partial charge on any atom is 0.123 e. The SMILES string of the molecule is Cc1cc(F)cc(C(Cc2cnccc2N)NN)c1. The molecule has 100 valence electrons. The molecular weight excluding hydrogens is 243 g/mol. The van der Waals surface area contributed by atoms with Crippen molar-refractivity contribution >= 4 is 5.69 Å². The van der Waals surface area contributed by atoms with E-state index in [1.807, 2.05) is 13.0 Å². The molecule has 0 aliphatic carbocycles. The second-order valence-electron chi connectivity index (χ2n) is 4.56. The molecule has 1 aromatic heterocycles. The van der Waals surface area contributed by atoms with Crippen LogP contribution in [0.15, 0.2) is 36.7 Å². The molecule has 1 aromatic carbocycles. The number of hydrogen-bond donors (Lipinski definition) is 3. The van der Waals surface area contributed by atoms with Crippen LogP contribution in [-0.2, 0) is 6.42 Å². The van der Waals surface area contributed by atoms with E-state index in [1.165, 1.54) is 12.1 Å². The predicted octanol–water partition coefficient (Wildman–Crippen LogP) is 1.86. The molecule has 0 bridgehead atoms. The van der Waals surface area contributed by atoms with E-state index in [4.69, 9.17) is 11.6 Å². The number of hydrazine groups is 1. The van der Waals surface area contributed by atoms with Crippen molar-refractivity contribution in [2.45, 2.75) is 19.4 Å². The third-order valence-corrected chi connectivity index (χ3v) is 3.03. The number of nitrogens with one attached hydrogen (secondary N) is 1. The van der Waals surface area contributed by atoms with E-state index in [-0.39, 0.29) is 11.9 Å². The Bertz CT molecular complexity index is 551. The molecule has 0 fully saturated rings. The van der Waals surface area contributed by atoms with E-state index in [0.717, 1.165) is 16.7 Å². The molecule has 0 radical (unpaired) electrons. The molecule has 2 rings (SSSR count). The molecule has 1 atom stereocenters. The zero-order valence-electron chi connectivity index (χ0n) is 10.7. The van der Waals surface area contributed by atoms with Crippen molar-refractivity contribution in [1.82, 2.24) is 10.4 Å². The first-order valence-electron chi connectivity index (χ1n) is 6.01. The maximum atomic E-state index is 13.4. The van der Waals surface area contributed by atoms with Crippen LogP contribution in [0.1, 0.15) is 22.7 Å². The van der Waals surface area contributed by atoms with Gasteiger partial charge in [-0.25, -0.2) is 4.39 Å². The third-order valence-electron chi connectivity index (χ3n) is 3.03. The first-order chi connectivity index (χ1) is 9.10. The number of hydrogen-bond acceptors (Lipinski definition) is 4. The highest BCUT2D eigenvalue weighted by atomic mass is 19.1. The molecule has 0 saturated carbocycles. The first kappa shape index (κ1) is 13.5. The molecule has 1 unspecified atom stereocenters. The summed E-state index contributed by atoms with van der Waals surface area (Å²) in [5, 5.41) is 0. The standard InChI is InChI=1S/C14H17FN4/c1-9-4-10(6-12(15)5-9)14(19-17)7-11-8-18-3-2-13(11)16/h2-6,8,14,19H,7,17H2,1H3,(H2,16,18). The average molecular weight is 260 g/mol. The Morgan fingerprint density at radius 2 is 2.16 bits per heavy atom. The summed E-state index contributed by atoms with van der Waals surface area (Å²) in [6.45, 7) is 1.85. The fourth-order valence-electron chi connectivity index (χ4n) is 2.07. The van der Waals surface area contributed by atoms with Crippen molar-refractivity contribution in [3.63, 3.8) is 0 Å². The van der Waals surface area contributed by atoms with Gasteiger partial charge in [-0.15, -0.1) is 0 Å². The summed E-state index contributed by atoms with van der Waals surface area (Å²) in [5.41, 5.74) is 11.8. The fourth-order valence-corrected chi connectivity index (χ4v) is 2.07. The lowest BCUT2D eigenvalue weighted by molar-refractivity contribution is 0.544. The molecule has 19 heavy (non-hydrogen) atoms. The summed E-state index contributed by atoms with van der Waals surface area (Å²) in [6.07, 6.45) is 3.89. The lowest BCUT2D eigenvalue weighted by Gasteiger charge is -2.18. The summed E-state index contributed by atoms with van der Waals surface area (Å²) in [7, 11) is 0. The van der Waals surface area contributed by atoms with Crippen molar-refractivity contribution in [2.75, 3.05) is 5.73 Å². The predicted molar refractivity (Wildman–Crippen MR) is 73.6 cm³/mol. The van der Waals surface area contributed by atoms with Gasteiger partial charge in [0, 0.05) is 18.1 Å². The Hall–Kier alpha value is -1.98. The zero-order valence-corrected chi connectivity index (χ0v) is 10.7. The van der Waals surface area contributed by atoms with Gasteiger partial charge in [0.05, 0.1) is 6.04 Å². The third kappa shape index (κ3) is 3.27. The van der Waals surface area contributed by atoms with Gasteiger partial charge in [-0.05, 0) is 48.2 Å². The van der Waals surface area contributed by atoms with Gasteiger partial charge in [-0.3, -0.25) is 16.3 Å². The molecule has 0 aliphatic rings. The largest absolute Gasteiger partial charge is 0.398 e. The van der Waals surface area contributed by atoms with Crippen molar-refractivity contribution < 1.29 is 4.39 Å². The molecule has 5 heteroatoms. The highest BCUT2D eigenvalue weighted by molar-refractivity contribution is 5.45. The van der Waals surface area contributed by atoms with Crippen LogP contribution in [0.3, 0.4) is 0 Å². The molecule has 4 nitrogen and oxygen atoms in total. The second kappa shape index (κ2) is 5.77. The molecular formula is C14H17FN4. The van der Waals surface area contributed by atoms with E-state index in [2.05, 4.69) is 10.4 Å². The molecule has 0 spiro atoms. The zero-order chi connectivity index (χ0) is 13.8. The molecule has 1 heterocycles. The highest BCUT2D eigenvalue weighted by Gasteiger charge is 2.13. The summed E-state index contributed by atoms with van der Waals surface area (Å²) >= 11 is 0. The Labute approximate surface area is 111 Å². The lowest BCUT2D eigenvalue weighted by atomic mass is 9.98. The fraction of sp³-hybridized carbons (Fsp3) is 0.214. The maximum absolute atomic E-state index is 13.4. The Morgan fingerprint density at radius 1 is 1.37 bits per heavy atom. The second-order valence-corrected chi connectivity index (χ2v) is 4.56. The number of benzene rings is 1. The smallest absolute Gasteiger partial charge is 0.123 e. The molecule has 0 saturated heterocycles. The molecule has 0 aliphatic heterocycles. The number of rotatable bonds is 4. The van der Waals surface area contributed by atoms with Crippen molar-refractivity contribution in [2.24, 2.45) is 5.84 Å². The van der Waals surface area contributed by atoms with Gasteiger partial charge in [0.1, 0.15) is 5.82 Å². The summed E-state index contributed by atoms with van der Waals surface area (Å²) in [4.78, 5) is 4.04. The van der Waals surface area contributed by atoms with E-state index in [0.29, 0.717) is 12.1 Å². The van der Waals surface area contributed by atoms with Crippen LogP contribution >= 0.6 is 0 Å². The minimum absolute atomic E-state index is 0.208. The molecule has 5 N–H and O–H groups in total. The number of aryl methyl sites for hydroxylation is 1. The average Bonchev–Trinajstić information content (AvgIpc) is 2.36. The van der Waals surface area contributed by atoms with Crippen LogP contribution in [-0.4, -0.2) is 4.98 Å².